The average molecular weight is 415 g/mol. The molecule has 1 aliphatic carbocycles. The molecule has 1 aliphatic heterocycles. The number of allylic oxidation sites excluding steroid dienone is 3. The minimum atomic E-state index is -0.669. The quantitative estimate of drug-likeness (QED) is 0.823. The predicted molar refractivity (Wildman–Crippen MR) is 110 cm³/mol. The van der Waals surface area contributed by atoms with Gasteiger partial charge in [-0.15, -0.1) is 11.8 Å². The molecular formula is C20H19F2N5OS. The number of aromatic nitrogens is 3. The van der Waals surface area contributed by atoms with E-state index in [2.05, 4.69) is 20.4 Å². The monoisotopic (exact) mass is 415 g/mol. The van der Waals surface area contributed by atoms with Crippen molar-refractivity contribution in [3.63, 3.8) is 0 Å². The molecule has 1 atom stereocenters. The first-order chi connectivity index (χ1) is 13.8. The van der Waals surface area contributed by atoms with E-state index in [-0.39, 0.29) is 23.4 Å². The van der Waals surface area contributed by atoms with Crippen LogP contribution in [0.25, 0.3) is 0 Å². The molecule has 0 fully saturated rings. The van der Waals surface area contributed by atoms with Crippen LogP contribution in [-0.4, -0.2) is 25.1 Å². The zero-order valence-electron chi connectivity index (χ0n) is 16.2. The van der Waals surface area contributed by atoms with E-state index in [0.717, 1.165) is 28.1 Å². The number of fused-ring (bicyclic) bond motifs is 1. The van der Waals surface area contributed by atoms with Crippen molar-refractivity contribution in [1.29, 1.82) is 0 Å². The number of nitrogens with zero attached hydrogens (tertiary/aromatic N) is 4. The SMILES string of the molecule is CC1=NC2=CC(C)=C(Nc3nc(=O)c(C)nn3Cc3cc(F)cc(F)c3)CC2S1. The van der Waals surface area contributed by atoms with Gasteiger partial charge in [-0.25, -0.2) is 13.5 Å². The normalized spacial score (nSPS) is 18.4. The molecule has 150 valence electrons. The van der Waals surface area contributed by atoms with Crippen molar-refractivity contribution in [2.24, 2.45) is 4.99 Å². The summed E-state index contributed by atoms with van der Waals surface area (Å²) in [5.74, 6) is -1.10. The lowest BCUT2D eigenvalue weighted by Gasteiger charge is -2.22. The highest BCUT2D eigenvalue weighted by Gasteiger charge is 2.28. The fourth-order valence-electron chi connectivity index (χ4n) is 3.34. The number of aryl methyl sites for hydroxylation is 1. The third-order valence-electron chi connectivity index (χ3n) is 4.71. The Hall–Kier alpha value is -2.81. The highest BCUT2D eigenvalue weighted by Crippen LogP contribution is 2.38. The molecule has 29 heavy (non-hydrogen) atoms. The third-order valence-corrected chi connectivity index (χ3v) is 5.83. The Bertz CT molecular complexity index is 1130. The molecule has 6 nitrogen and oxygen atoms in total. The lowest BCUT2D eigenvalue weighted by atomic mass is 10.0. The van der Waals surface area contributed by atoms with E-state index < -0.39 is 17.2 Å². The van der Waals surface area contributed by atoms with Gasteiger partial charge in [-0.1, -0.05) is 0 Å². The van der Waals surface area contributed by atoms with Gasteiger partial charge in [0.15, 0.2) is 0 Å². The molecule has 0 saturated heterocycles. The topological polar surface area (TPSA) is 72.2 Å². The largest absolute Gasteiger partial charge is 0.328 e. The van der Waals surface area contributed by atoms with E-state index in [9.17, 15) is 13.6 Å². The Morgan fingerprint density at radius 3 is 2.66 bits per heavy atom. The summed E-state index contributed by atoms with van der Waals surface area (Å²) in [6, 6.07) is 3.28. The molecule has 1 N–H and O–H groups in total. The van der Waals surface area contributed by atoms with E-state index in [0.29, 0.717) is 12.0 Å². The van der Waals surface area contributed by atoms with Crippen LogP contribution < -0.4 is 10.9 Å². The molecule has 0 saturated carbocycles. The maximum atomic E-state index is 13.6. The van der Waals surface area contributed by atoms with Gasteiger partial charge in [0.2, 0.25) is 5.95 Å². The van der Waals surface area contributed by atoms with E-state index in [4.69, 9.17) is 0 Å². The second kappa shape index (κ2) is 7.55. The van der Waals surface area contributed by atoms with Crippen molar-refractivity contribution < 1.29 is 8.78 Å². The minimum Gasteiger partial charge on any atom is -0.328 e. The Kier molecular flexibility index (Phi) is 5.08. The van der Waals surface area contributed by atoms with Crippen LogP contribution in [0, 0.1) is 18.6 Å². The molecule has 9 heteroatoms. The molecule has 4 rings (SSSR count). The van der Waals surface area contributed by atoms with Crippen LogP contribution in [0.1, 0.15) is 31.5 Å². The molecule has 0 bridgehead atoms. The second-order valence-corrected chi connectivity index (χ2v) is 8.45. The minimum absolute atomic E-state index is 0.0684. The van der Waals surface area contributed by atoms with Crippen molar-refractivity contribution in [3.05, 3.63) is 74.5 Å². The van der Waals surface area contributed by atoms with E-state index >= 15 is 0 Å². The second-order valence-electron chi connectivity index (χ2n) is 7.06. The highest BCUT2D eigenvalue weighted by molar-refractivity contribution is 8.14. The Labute approximate surface area is 170 Å². The first-order valence-electron chi connectivity index (χ1n) is 9.09. The van der Waals surface area contributed by atoms with Crippen LogP contribution in [0.5, 0.6) is 0 Å². The van der Waals surface area contributed by atoms with Gasteiger partial charge in [-0.05, 0) is 50.1 Å². The molecule has 1 aromatic carbocycles. The zero-order valence-corrected chi connectivity index (χ0v) is 17.0. The Balaban J connectivity index is 1.68. The van der Waals surface area contributed by atoms with Crippen LogP contribution >= 0.6 is 11.8 Å². The Morgan fingerprint density at radius 2 is 1.93 bits per heavy atom. The van der Waals surface area contributed by atoms with Crippen molar-refractivity contribution >= 4 is 22.8 Å². The van der Waals surface area contributed by atoms with Gasteiger partial charge in [-0.3, -0.25) is 9.79 Å². The number of rotatable bonds is 4. The molecule has 1 unspecified atom stereocenters. The first kappa shape index (κ1) is 19.5. The zero-order chi connectivity index (χ0) is 20.7. The summed E-state index contributed by atoms with van der Waals surface area (Å²) in [4.78, 5) is 20.7. The summed E-state index contributed by atoms with van der Waals surface area (Å²) in [5.41, 5.74) is 3.09. The smallest absolute Gasteiger partial charge is 0.296 e. The van der Waals surface area contributed by atoms with Gasteiger partial charge in [0.25, 0.3) is 5.56 Å². The summed E-state index contributed by atoms with van der Waals surface area (Å²) in [7, 11) is 0. The summed E-state index contributed by atoms with van der Waals surface area (Å²) in [6.07, 6.45) is 2.73. The number of aliphatic imine (C=N–C) groups is 1. The van der Waals surface area contributed by atoms with Crippen LogP contribution in [0.4, 0.5) is 14.7 Å². The molecule has 0 spiro atoms. The number of anilines is 1. The molecular weight excluding hydrogens is 396 g/mol. The van der Waals surface area contributed by atoms with Gasteiger partial charge < -0.3 is 5.32 Å². The van der Waals surface area contributed by atoms with E-state index in [1.54, 1.807) is 18.7 Å². The number of halogens is 2. The van der Waals surface area contributed by atoms with Crippen LogP contribution in [0.15, 0.2) is 51.0 Å². The number of hydrogen-bond acceptors (Lipinski definition) is 6. The lowest BCUT2D eigenvalue weighted by Crippen LogP contribution is -2.25. The van der Waals surface area contributed by atoms with E-state index in [1.165, 1.54) is 16.8 Å². The van der Waals surface area contributed by atoms with Gasteiger partial charge in [0.1, 0.15) is 17.3 Å². The number of thioether (sulfide) groups is 1. The standard InChI is InChI=1S/C20H19F2N5OS/c1-10-4-17-18(29-12(3)23-17)8-16(10)24-20-25-19(28)11(2)26-27(20)9-13-5-14(21)7-15(22)6-13/h4-7,18H,8-9H2,1-3H3,(H,24,25,28). The summed E-state index contributed by atoms with van der Waals surface area (Å²) in [5, 5.41) is 8.72. The first-order valence-corrected chi connectivity index (χ1v) is 9.97. The molecule has 1 aromatic heterocycles. The number of benzene rings is 1. The molecule has 2 aliphatic rings. The number of nitrogens with one attached hydrogen (secondary N) is 1. The van der Waals surface area contributed by atoms with Gasteiger partial charge in [-0.2, -0.15) is 10.1 Å². The molecule has 0 amide bonds. The number of hydrogen-bond donors (Lipinski definition) is 1. The fraction of sp³-hybridized carbons (Fsp3) is 0.300. The van der Waals surface area contributed by atoms with Crippen molar-refractivity contribution in [1.82, 2.24) is 14.8 Å². The summed E-state index contributed by atoms with van der Waals surface area (Å²) >= 11 is 1.70. The fourth-order valence-corrected chi connectivity index (χ4v) is 4.40. The third kappa shape index (κ3) is 4.14. The maximum Gasteiger partial charge on any atom is 0.296 e. The molecule has 2 aromatic rings. The van der Waals surface area contributed by atoms with Crippen molar-refractivity contribution in [2.75, 3.05) is 5.32 Å². The van der Waals surface area contributed by atoms with Gasteiger partial charge >= 0.3 is 0 Å². The van der Waals surface area contributed by atoms with Crippen LogP contribution in [-0.2, 0) is 6.54 Å². The average Bonchev–Trinajstić information content (AvgIpc) is 2.97. The summed E-state index contributed by atoms with van der Waals surface area (Å²) < 4.78 is 28.6. The van der Waals surface area contributed by atoms with Crippen molar-refractivity contribution in [3.8, 4) is 0 Å². The van der Waals surface area contributed by atoms with Gasteiger partial charge in [0.05, 0.1) is 22.5 Å². The molecule has 2 heterocycles. The van der Waals surface area contributed by atoms with Crippen LogP contribution in [0.3, 0.4) is 0 Å². The molecule has 0 radical (unpaired) electrons. The lowest BCUT2D eigenvalue weighted by molar-refractivity contribution is 0.571. The van der Waals surface area contributed by atoms with Crippen molar-refractivity contribution in [2.45, 2.75) is 39.0 Å². The van der Waals surface area contributed by atoms with Gasteiger partial charge in [0, 0.05) is 18.2 Å². The summed E-state index contributed by atoms with van der Waals surface area (Å²) in [6.45, 7) is 5.56. The maximum absolute atomic E-state index is 13.6. The predicted octanol–water partition coefficient (Wildman–Crippen LogP) is 3.78. The Morgan fingerprint density at radius 1 is 1.21 bits per heavy atom. The van der Waals surface area contributed by atoms with E-state index in [1.807, 2.05) is 19.9 Å². The van der Waals surface area contributed by atoms with Crippen LogP contribution in [0.2, 0.25) is 0 Å². The highest BCUT2D eigenvalue weighted by atomic mass is 32.2.